The number of hydrogen-bond donors (Lipinski definition) is 2. The van der Waals surface area contributed by atoms with Gasteiger partial charge in [-0.05, 0) is 18.1 Å². The van der Waals surface area contributed by atoms with E-state index in [1.165, 1.54) is 0 Å². The molecule has 3 N–H and O–H groups in total. The number of thioether (sulfide) groups is 1. The molecule has 0 radical (unpaired) electrons. The minimum Gasteiger partial charge on any atom is -0.458 e. The van der Waals surface area contributed by atoms with E-state index in [1.807, 2.05) is 6.07 Å². The first-order chi connectivity index (χ1) is 15.9. The summed E-state index contributed by atoms with van der Waals surface area (Å²) in [6.45, 7) is 2.01. The highest BCUT2D eigenvalue weighted by atomic mass is 32.2. The largest absolute Gasteiger partial charge is 0.458 e. The topological polar surface area (TPSA) is 126 Å². The van der Waals surface area contributed by atoms with Crippen LogP contribution >= 0.6 is 11.8 Å². The van der Waals surface area contributed by atoms with Crippen molar-refractivity contribution in [1.29, 1.82) is 0 Å². The van der Waals surface area contributed by atoms with Crippen molar-refractivity contribution in [3.05, 3.63) is 44.7 Å². The lowest BCUT2D eigenvalue weighted by molar-refractivity contribution is -0.172. The second-order valence-electron chi connectivity index (χ2n) is 8.71. The molecule has 9 nitrogen and oxygen atoms in total. The molecule has 0 amide bonds. The van der Waals surface area contributed by atoms with E-state index in [9.17, 15) is 14.7 Å². The summed E-state index contributed by atoms with van der Waals surface area (Å²) in [5, 5.41) is 12.0. The van der Waals surface area contributed by atoms with Gasteiger partial charge in [-0.25, -0.2) is 9.78 Å². The maximum absolute atomic E-state index is 13.5. The van der Waals surface area contributed by atoms with Gasteiger partial charge in [0.25, 0.3) is 5.56 Å². The first kappa shape index (κ1) is 19.4. The molecule has 3 aromatic rings. The normalized spacial score (nSPS) is 23.8. The predicted octanol–water partition coefficient (Wildman–Crippen LogP) is 1.91. The molecule has 10 heteroatoms. The number of fused-ring (bicyclic) bond motifs is 7. The molecular weight excluding hydrogens is 446 g/mol. The fraction of sp³-hybridized carbons (Fsp3) is 0.348. The molecule has 0 spiro atoms. The van der Waals surface area contributed by atoms with Crippen molar-refractivity contribution in [1.82, 2.24) is 9.55 Å². The molecule has 0 bridgehead atoms. The maximum atomic E-state index is 13.5. The van der Waals surface area contributed by atoms with Gasteiger partial charge in [-0.15, -0.1) is 11.8 Å². The quantitative estimate of drug-likeness (QED) is 0.405. The summed E-state index contributed by atoms with van der Waals surface area (Å²) in [7, 11) is 0. The molecule has 0 saturated carbocycles. The maximum Gasteiger partial charge on any atom is 0.343 e. The van der Waals surface area contributed by atoms with Gasteiger partial charge in [-0.2, -0.15) is 0 Å². The Hall–Kier alpha value is -3.08. The molecule has 2 atom stereocenters. The molecule has 0 fully saturated rings. The molecular formula is C23H19N3O6S. The van der Waals surface area contributed by atoms with Gasteiger partial charge in [-0.3, -0.25) is 4.79 Å². The third kappa shape index (κ3) is 2.28. The third-order valence-corrected chi connectivity index (χ3v) is 8.29. The highest BCUT2D eigenvalue weighted by Gasteiger charge is 2.46. The van der Waals surface area contributed by atoms with Crippen molar-refractivity contribution in [2.45, 2.75) is 43.0 Å². The summed E-state index contributed by atoms with van der Waals surface area (Å²) in [6.07, 6.45) is 0.0971. The number of aliphatic hydroxyl groups is 1. The first-order valence-corrected chi connectivity index (χ1v) is 11.8. The second-order valence-corrected chi connectivity index (χ2v) is 9.74. The van der Waals surface area contributed by atoms with E-state index in [0.717, 1.165) is 26.9 Å². The summed E-state index contributed by atoms with van der Waals surface area (Å²) in [5.41, 5.74) is 8.82. The van der Waals surface area contributed by atoms with Crippen LogP contribution in [0.3, 0.4) is 0 Å². The average Bonchev–Trinajstić information content (AvgIpc) is 3.43. The molecule has 4 aliphatic rings. The number of pyridine rings is 2. The SMILES string of the molecule is CC[C@@]1(O)C(=O)OCc2c1cc1n(c2=O)Cc2c-1nc1cc3c(c4c1c2[C@H](N)CS4)OCO3. The van der Waals surface area contributed by atoms with Crippen molar-refractivity contribution >= 4 is 28.6 Å². The number of aromatic nitrogens is 2. The standard InChI is InChI=1S/C23H19N3O6S/c1-2-23(29)11-3-14-18-9(5-26(14)21(27)10(11)6-30-22(23)28)16-12(24)7-33-20-17(16)13(25-18)4-15-19(20)32-8-31-15/h3-4,12,29H,2,5-8,24H2,1H3/t12-,23+/m1/s1. The molecule has 0 unspecified atom stereocenters. The molecule has 1 aromatic carbocycles. The number of carbonyl (C=O) groups is 1. The van der Waals surface area contributed by atoms with Crippen molar-refractivity contribution in [3.8, 4) is 22.9 Å². The van der Waals surface area contributed by atoms with E-state index in [1.54, 1.807) is 29.3 Å². The predicted molar refractivity (Wildman–Crippen MR) is 118 cm³/mol. The van der Waals surface area contributed by atoms with Gasteiger partial charge < -0.3 is 29.6 Å². The molecule has 168 valence electrons. The number of benzene rings is 1. The summed E-state index contributed by atoms with van der Waals surface area (Å²) < 4.78 is 18.1. The van der Waals surface area contributed by atoms with Crippen LogP contribution in [0.5, 0.6) is 11.5 Å². The van der Waals surface area contributed by atoms with Gasteiger partial charge in [0.05, 0.1) is 33.9 Å². The highest BCUT2D eigenvalue weighted by Crippen LogP contribution is 2.53. The van der Waals surface area contributed by atoms with Crippen molar-refractivity contribution in [2.24, 2.45) is 5.73 Å². The summed E-state index contributed by atoms with van der Waals surface area (Å²) >= 11 is 1.62. The second kappa shape index (κ2) is 6.28. The number of hydrogen-bond acceptors (Lipinski definition) is 9. The van der Waals surface area contributed by atoms with Gasteiger partial charge in [0, 0.05) is 34.4 Å². The van der Waals surface area contributed by atoms with Gasteiger partial charge in [0.15, 0.2) is 17.1 Å². The molecule has 6 heterocycles. The van der Waals surface area contributed by atoms with Gasteiger partial charge >= 0.3 is 5.97 Å². The number of esters is 1. The molecule has 33 heavy (non-hydrogen) atoms. The zero-order chi connectivity index (χ0) is 22.6. The van der Waals surface area contributed by atoms with Crippen LogP contribution in [0.25, 0.3) is 22.3 Å². The summed E-state index contributed by atoms with van der Waals surface area (Å²) in [4.78, 5) is 31.8. The van der Waals surface area contributed by atoms with Gasteiger partial charge in [-0.1, -0.05) is 6.92 Å². The number of nitrogens with zero attached hydrogens (tertiary/aromatic N) is 2. The number of ether oxygens (including phenoxy) is 3. The lowest BCUT2D eigenvalue weighted by Gasteiger charge is -2.31. The number of rotatable bonds is 1. The molecule has 0 saturated heterocycles. The van der Waals surface area contributed by atoms with E-state index >= 15 is 0 Å². The molecule has 7 rings (SSSR count). The zero-order valence-electron chi connectivity index (χ0n) is 17.6. The lowest BCUT2D eigenvalue weighted by atomic mass is 9.86. The molecule has 4 aliphatic heterocycles. The van der Waals surface area contributed by atoms with E-state index in [0.29, 0.717) is 46.3 Å². The average molecular weight is 465 g/mol. The Morgan fingerprint density at radius 3 is 2.94 bits per heavy atom. The van der Waals surface area contributed by atoms with Crippen LogP contribution in [0, 0.1) is 0 Å². The van der Waals surface area contributed by atoms with Crippen molar-refractivity contribution < 1.29 is 24.1 Å². The minimum atomic E-state index is -1.86. The van der Waals surface area contributed by atoms with Crippen LogP contribution < -0.4 is 20.8 Å². The number of cyclic esters (lactones) is 1. The number of nitrogens with two attached hydrogens (primary N) is 1. The van der Waals surface area contributed by atoms with Crippen LogP contribution in [0.15, 0.2) is 21.8 Å². The van der Waals surface area contributed by atoms with E-state index in [4.69, 9.17) is 24.9 Å². The molecule has 2 aromatic heterocycles. The van der Waals surface area contributed by atoms with Crippen molar-refractivity contribution in [2.75, 3.05) is 12.5 Å². The van der Waals surface area contributed by atoms with Crippen LogP contribution in [0.4, 0.5) is 0 Å². The van der Waals surface area contributed by atoms with Crippen LogP contribution in [-0.4, -0.2) is 33.2 Å². The Morgan fingerprint density at radius 1 is 1.27 bits per heavy atom. The number of carbonyl (C=O) groups excluding carboxylic acids is 1. The summed E-state index contributed by atoms with van der Waals surface area (Å²) in [6, 6.07) is 3.33. The monoisotopic (exact) mass is 465 g/mol. The van der Waals surface area contributed by atoms with Crippen molar-refractivity contribution in [3.63, 3.8) is 0 Å². The first-order valence-electron chi connectivity index (χ1n) is 10.8. The smallest absolute Gasteiger partial charge is 0.343 e. The van der Waals surface area contributed by atoms with Gasteiger partial charge in [0.2, 0.25) is 6.79 Å². The van der Waals surface area contributed by atoms with Crippen LogP contribution in [-0.2, 0) is 28.3 Å². The Bertz CT molecular complexity index is 1500. The zero-order valence-corrected chi connectivity index (χ0v) is 18.5. The van der Waals surface area contributed by atoms with E-state index < -0.39 is 11.6 Å². The van der Waals surface area contributed by atoms with E-state index in [2.05, 4.69) is 0 Å². The van der Waals surface area contributed by atoms with Crippen LogP contribution in [0.1, 0.15) is 41.6 Å². The highest BCUT2D eigenvalue weighted by molar-refractivity contribution is 7.99. The van der Waals surface area contributed by atoms with Gasteiger partial charge in [0.1, 0.15) is 6.61 Å². The third-order valence-electron chi connectivity index (χ3n) is 7.09. The Kier molecular flexibility index (Phi) is 3.69. The van der Waals surface area contributed by atoms with E-state index in [-0.39, 0.29) is 31.4 Å². The van der Waals surface area contributed by atoms with Crippen LogP contribution in [0.2, 0.25) is 0 Å². The minimum absolute atomic E-state index is 0.0971. The fourth-order valence-corrected chi connectivity index (χ4v) is 6.56. The Balaban J connectivity index is 1.56. The Morgan fingerprint density at radius 2 is 2.12 bits per heavy atom. The summed E-state index contributed by atoms with van der Waals surface area (Å²) in [5.74, 6) is 1.29. The molecule has 0 aliphatic carbocycles. The Labute approximate surface area is 191 Å². The lowest BCUT2D eigenvalue weighted by Crippen LogP contribution is -2.44. The fourth-order valence-electron chi connectivity index (χ4n) is 5.40.